The minimum absolute atomic E-state index is 0.181. The number of alkyl halides is 2. The summed E-state index contributed by atoms with van der Waals surface area (Å²) in [6.45, 7) is -2.93. The predicted molar refractivity (Wildman–Crippen MR) is 105 cm³/mol. The van der Waals surface area contributed by atoms with E-state index >= 15 is 0 Å². The molecule has 0 aliphatic heterocycles. The molecule has 0 amide bonds. The largest absolute Gasteiger partial charge is 0.417 e. The summed E-state index contributed by atoms with van der Waals surface area (Å²) in [5, 5.41) is 16.6. The number of fused-ring (bicyclic) bond motifs is 1. The van der Waals surface area contributed by atoms with E-state index in [1.54, 1.807) is 18.2 Å². The zero-order valence-electron chi connectivity index (χ0n) is 14.9. The molecule has 1 aromatic carbocycles. The molecule has 3 N–H and O–H groups in total. The number of halogens is 2. The summed E-state index contributed by atoms with van der Waals surface area (Å²) in [4.78, 5) is 11.2. The lowest BCUT2D eigenvalue weighted by Gasteiger charge is -2.11. The molecular formula is C20H14F2N6O. The minimum atomic E-state index is -2.93. The molecular weight excluding hydrogens is 378 g/mol. The van der Waals surface area contributed by atoms with Gasteiger partial charge in [0.25, 0.3) is 0 Å². The van der Waals surface area contributed by atoms with Crippen molar-refractivity contribution in [3.05, 3.63) is 66.6 Å². The van der Waals surface area contributed by atoms with Gasteiger partial charge in [-0.2, -0.15) is 14.0 Å². The third-order valence-electron chi connectivity index (χ3n) is 4.00. The fourth-order valence-electron chi connectivity index (χ4n) is 2.78. The molecule has 0 unspecified atom stereocenters. The second kappa shape index (κ2) is 7.82. The molecule has 0 fully saturated rings. The number of rotatable bonds is 6. The minimum Gasteiger partial charge on any atom is -0.417 e. The summed E-state index contributed by atoms with van der Waals surface area (Å²) in [5.41, 5.74) is 3.12. The van der Waals surface area contributed by atoms with Gasteiger partial charge in [0.05, 0.1) is 11.9 Å². The average molecular weight is 392 g/mol. The average Bonchev–Trinajstić information content (AvgIpc) is 3.17. The lowest BCUT2D eigenvalue weighted by Crippen LogP contribution is -2.03. The van der Waals surface area contributed by atoms with E-state index in [9.17, 15) is 14.0 Å². The maximum atomic E-state index is 12.2. The van der Waals surface area contributed by atoms with Gasteiger partial charge < -0.3 is 20.4 Å². The number of nitriles is 1. The first-order valence-electron chi connectivity index (χ1n) is 8.53. The molecule has 0 bridgehead atoms. The van der Waals surface area contributed by atoms with Crippen LogP contribution in [0.1, 0.15) is 5.69 Å². The molecule has 144 valence electrons. The zero-order chi connectivity index (χ0) is 20.2. The third-order valence-corrected chi connectivity index (χ3v) is 4.00. The van der Waals surface area contributed by atoms with Crippen LogP contribution < -0.4 is 15.4 Å². The van der Waals surface area contributed by atoms with Crippen molar-refractivity contribution in [1.82, 2.24) is 15.0 Å². The normalized spacial score (nSPS) is 10.7. The van der Waals surface area contributed by atoms with E-state index in [4.69, 9.17) is 0 Å². The molecule has 3 heterocycles. The number of pyridine rings is 2. The van der Waals surface area contributed by atoms with Crippen molar-refractivity contribution in [2.24, 2.45) is 0 Å². The van der Waals surface area contributed by atoms with Crippen LogP contribution in [0.25, 0.3) is 10.9 Å². The van der Waals surface area contributed by atoms with Crippen molar-refractivity contribution in [1.29, 1.82) is 5.26 Å². The molecule has 0 radical (unpaired) electrons. The van der Waals surface area contributed by atoms with E-state index in [0.717, 1.165) is 16.6 Å². The second-order valence-electron chi connectivity index (χ2n) is 6.03. The van der Waals surface area contributed by atoms with Crippen molar-refractivity contribution >= 4 is 33.8 Å². The molecule has 29 heavy (non-hydrogen) atoms. The van der Waals surface area contributed by atoms with Crippen LogP contribution >= 0.6 is 0 Å². The van der Waals surface area contributed by atoms with Gasteiger partial charge >= 0.3 is 6.61 Å². The van der Waals surface area contributed by atoms with Gasteiger partial charge in [-0.15, -0.1) is 0 Å². The predicted octanol–water partition coefficient (Wildman–Crippen LogP) is 4.92. The van der Waals surface area contributed by atoms with Gasteiger partial charge in [-0.1, -0.05) is 6.07 Å². The number of hydrogen-bond donors (Lipinski definition) is 3. The highest BCUT2D eigenvalue weighted by molar-refractivity contribution is 5.83. The fraction of sp³-hybridized carbons (Fsp3) is 0.0500. The monoisotopic (exact) mass is 392 g/mol. The Kier molecular flexibility index (Phi) is 4.90. The molecule has 0 aliphatic carbocycles. The van der Waals surface area contributed by atoms with Crippen LogP contribution in [0.2, 0.25) is 0 Å². The van der Waals surface area contributed by atoms with Gasteiger partial charge in [0.1, 0.15) is 17.6 Å². The molecule has 0 aliphatic rings. The summed E-state index contributed by atoms with van der Waals surface area (Å²) >= 11 is 0. The number of aromatic nitrogens is 3. The van der Waals surface area contributed by atoms with E-state index in [1.165, 1.54) is 12.3 Å². The number of benzene rings is 1. The van der Waals surface area contributed by atoms with Gasteiger partial charge in [-0.3, -0.25) is 0 Å². The highest BCUT2D eigenvalue weighted by Crippen LogP contribution is 2.25. The molecule has 4 rings (SSSR count). The maximum Gasteiger partial charge on any atom is 0.388 e. The summed E-state index contributed by atoms with van der Waals surface area (Å²) in [7, 11) is 0. The van der Waals surface area contributed by atoms with Crippen molar-refractivity contribution in [3.8, 4) is 11.9 Å². The first kappa shape index (κ1) is 18.2. The molecule has 7 nitrogen and oxygen atoms in total. The highest BCUT2D eigenvalue weighted by atomic mass is 19.3. The number of anilines is 4. The molecule has 9 heteroatoms. The van der Waals surface area contributed by atoms with Crippen molar-refractivity contribution in [3.63, 3.8) is 0 Å². The Bertz CT molecular complexity index is 1180. The summed E-state index contributed by atoms with van der Waals surface area (Å²) in [6, 6.07) is 16.0. The standard InChI is InChI=1S/C20H14F2N6O/c21-20(22)29-19-4-3-14(11-25-19)26-15-7-16(10-23)28-18(9-15)27-13-2-1-12-5-6-24-17(12)8-13/h1-9,11,20,24H,(H2,26,27,28). The van der Waals surface area contributed by atoms with Gasteiger partial charge in [0.2, 0.25) is 5.88 Å². The summed E-state index contributed by atoms with van der Waals surface area (Å²) in [5.74, 6) is 0.295. The Morgan fingerprint density at radius 3 is 2.62 bits per heavy atom. The number of nitrogens with zero attached hydrogens (tertiary/aromatic N) is 3. The van der Waals surface area contributed by atoms with Crippen molar-refractivity contribution in [2.45, 2.75) is 6.61 Å². The molecule has 4 aromatic rings. The van der Waals surface area contributed by atoms with Crippen LogP contribution in [-0.4, -0.2) is 21.6 Å². The Labute approximate surface area is 164 Å². The first-order valence-corrected chi connectivity index (χ1v) is 8.53. The molecule has 0 saturated heterocycles. The van der Waals surface area contributed by atoms with Gasteiger partial charge in [-0.25, -0.2) is 9.97 Å². The Morgan fingerprint density at radius 1 is 1.00 bits per heavy atom. The Hall–Kier alpha value is -4.19. The fourth-order valence-corrected chi connectivity index (χ4v) is 2.78. The number of nitrogens with one attached hydrogen (secondary N) is 3. The highest BCUT2D eigenvalue weighted by Gasteiger charge is 2.07. The SMILES string of the molecule is N#Cc1cc(Nc2ccc(OC(F)F)nc2)cc(Nc2ccc3cc[nH]c3c2)n1. The number of hydrogen-bond acceptors (Lipinski definition) is 6. The molecule has 3 aromatic heterocycles. The van der Waals surface area contributed by atoms with Gasteiger partial charge in [-0.05, 0) is 35.7 Å². The van der Waals surface area contributed by atoms with Crippen LogP contribution in [-0.2, 0) is 0 Å². The number of H-pyrrole nitrogens is 1. The van der Waals surface area contributed by atoms with E-state index in [1.807, 2.05) is 36.5 Å². The van der Waals surface area contributed by atoms with E-state index in [2.05, 4.69) is 30.3 Å². The lowest BCUT2D eigenvalue weighted by molar-refractivity contribution is -0.0528. The second-order valence-corrected chi connectivity index (χ2v) is 6.03. The maximum absolute atomic E-state index is 12.2. The Balaban J connectivity index is 1.55. The summed E-state index contributed by atoms with van der Waals surface area (Å²) in [6.07, 6.45) is 3.22. The quantitative estimate of drug-likeness (QED) is 0.431. The van der Waals surface area contributed by atoms with Crippen LogP contribution in [0.15, 0.2) is 60.9 Å². The van der Waals surface area contributed by atoms with Crippen molar-refractivity contribution in [2.75, 3.05) is 10.6 Å². The van der Waals surface area contributed by atoms with Crippen LogP contribution in [0.4, 0.5) is 31.7 Å². The Morgan fingerprint density at radius 2 is 1.86 bits per heavy atom. The van der Waals surface area contributed by atoms with Crippen LogP contribution in [0.3, 0.4) is 0 Å². The van der Waals surface area contributed by atoms with E-state index in [-0.39, 0.29) is 11.6 Å². The van der Waals surface area contributed by atoms with E-state index in [0.29, 0.717) is 17.2 Å². The third kappa shape index (κ3) is 4.39. The summed E-state index contributed by atoms with van der Waals surface area (Å²) < 4.78 is 28.7. The van der Waals surface area contributed by atoms with Crippen LogP contribution in [0.5, 0.6) is 5.88 Å². The number of aromatic amines is 1. The lowest BCUT2D eigenvalue weighted by atomic mass is 10.2. The first-order chi connectivity index (χ1) is 14.1. The van der Waals surface area contributed by atoms with Crippen molar-refractivity contribution < 1.29 is 13.5 Å². The zero-order valence-corrected chi connectivity index (χ0v) is 14.9. The molecule has 0 saturated carbocycles. The van der Waals surface area contributed by atoms with Gasteiger partial charge in [0, 0.05) is 35.2 Å². The van der Waals surface area contributed by atoms with Gasteiger partial charge in [0.15, 0.2) is 0 Å². The molecule has 0 atom stereocenters. The number of ether oxygens (including phenoxy) is 1. The van der Waals surface area contributed by atoms with E-state index < -0.39 is 6.61 Å². The van der Waals surface area contributed by atoms with Crippen LogP contribution in [0, 0.1) is 11.3 Å². The molecule has 0 spiro atoms. The topological polar surface area (TPSA) is 98.6 Å². The smallest absolute Gasteiger partial charge is 0.388 e.